The minimum Gasteiger partial charge on any atom is -0.468 e. The molecule has 0 amide bonds. The van der Waals surface area contributed by atoms with E-state index in [9.17, 15) is 9.59 Å². The highest BCUT2D eigenvalue weighted by Gasteiger charge is 2.53. The number of ether oxygens (including phenoxy) is 1. The Morgan fingerprint density at radius 1 is 1.21 bits per heavy atom. The van der Waals surface area contributed by atoms with Crippen LogP contribution >= 0.6 is 0 Å². The molecule has 0 N–H and O–H groups in total. The molecule has 0 radical (unpaired) electrons. The molecule has 1 aliphatic carbocycles. The van der Waals surface area contributed by atoms with Gasteiger partial charge in [-0.15, -0.1) is 0 Å². The Balaban J connectivity index is 3.22. The van der Waals surface area contributed by atoms with Crippen LogP contribution in [0.4, 0.5) is 0 Å². The van der Waals surface area contributed by atoms with Crippen LogP contribution in [0.2, 0.25) is 0 Å². The van der Waals surface area contributed by atoms with Crippen LogP contribution in [0.25, 0.3) is 0 Å². The van der Waals surface area contributed by atoms with Gasteiger partial charge in [0.2, 0.25) is 0 Å². The summed E-state index contributed by atoms with van der Waals surface area (Å²) in [7, 11) is 1.39. The molecule has 3 heteroatoms. The largest absolute Gasteiger partial charge is 0.468 e. The van der Waals surface area contributed by atoms with Crippen molar-refractivity contribution < 1.29 is 14.3 Å². The first-order valence-corrected chi connectivity index (χ1v) is 9.01. The second kappa shape index (κ2) is 8.64. The van der Waals surface area contributed by atoms with E-state index in [1.165, 1.54) is 18.3 Å². The van der Waals surface area contributed by atoms with Crippen molar-refractivity contribution in [3.8, 4) is 0 Å². The molecule has 1 aliphatic rings. The molecule has 0 aromatic rings. The van der Waals surface area contributed by atoms with E-state index in [2.05, 4.69) is 46.8 Å². The third-order valence-electron chi connectivity index (χ3n) is 5.48. The summed E-state index contributed by atoms with van der Waals surface area (Å²) in [5, 5.41) is 0. The monoisotopic (exact) mass is 334 g/mol. The number of methoxy groups -OCH3 is 1. The van der Waals surface area contributed by atoms with Gasteiger partial charge < -0.3 is 4.74 Å². The molecular formula is C21H34O3. The predicted molar refractivity (Wildman–Crippen MR) is 98.6 cm³/mol. The zero-order valence-corrected chi connectivity index (χ0v) is 16.4. The third kappa shape index (κ3) is 4.81. The zero-order chi connectivity index (χ0) is 18.5. The summed E-state index contributed by atoms with van der Waals surface area (Å²) in [5.41, 5.74) is 2.19. The summed E-state index contributed by atoms with van der Waals surface area (Å²) in [6, 6.07) is 0. The summed E-state index contributed by atoms with van der Waals surface area (Å²) in [6.45, 7) is 12.4. The van der Waals surface area contributed by atoms with Gasteiger partial charge in [-0.1, -0.05) is 37.1 Å². The number of rotatable bonds is 6. The molecule has 136 valence electrons. The number of hydrogen-bond acceptors (Lipinski definition) is 3. The van der Waals surface area contributed by atoms with Crippen molar-refractivity contribution in [3.05, 3.63) is 23.3 Å². The zero-order valence-electron chi connectivity index (χ0n) is 16.4. The highest BCUT2D eigenvalue weighted by atomic mass is 16.5. The maximum Gasteiger partial charge on any atom is 0.316 e. The smallest absolute Gasteiger partial charge is 0.316 e. The Morgan fingerprint density at radius 2 is 1.79 bits per heavy atom. The Morgan fingerprint density at radius 3 is 2.29 bits per heavy atom. The highest BCUT2D eigenvalue weighted by molar-refractivity contribution is 6.01. The van der Waals surface area contributed by atoms with Crippen LogP contribution in [0.15, 0.2) is 23.3 Å². The molecule has 24 heavy (non-hydrogen) atoms. The summed E-state index contributed by atoms with van der Waals surface area (Å²) in [5.74, 6) is -0.730. The van der Waals surface area contributed by atoms with Gasteiger partial charge in [0.1, 0.15) is 11.7 Å². The van der Waals surface area contributed by atoms with Gasteiger partial charge in [-0.05, 0) is 64.7 Å². The molecule has 1 fully saturated rings. The molecule has 4 atom stereocenters. The van der Waals surface area contributed by atoms with Crippen LogP contribution in [-0.2, 0) is 14.3 Å². The van der Waals surface area contributed by atoms with Crippen molar-refractivity contribution in [2.24, 2.45) is 23.2 Å². The molecule has 0 aromatic heterocycles. The fourth-order valence-corrected chi connectivity index (χ4v) is 3.92. The molecule has 1 saturated carbocycles. The van der Waals surface area contributed by atoms with Gasteiger partial charge in [0.15, 0.2) is 0 Å². The number of carbonyl (C=O) groups is 2. The highest BCUT2D eigenvalue weighted by Crippen LogP contribution is 2.51. The molecule has 1 rings (SSSR count). The van der Waals surface area contributed by atoms with E-state index in [-0.39, 0.29) is 23.1 Å². The Bertz CT molecular complexity index is 521. The van der Waals surface area contributed by atoms with Gasteiger partial charge in [0.05, 0.1) is 7.11 Å². The van der Waals surface area contributed by atoms with Gasteiger partial charge in [-0.2, -0.15) is 0 Å². The fourth-order valence-electron chi connectivity index (χ4n) is 3.92. The molecule has 0 aromatic carbocycles. The lowest BCUT2D eigenvalue weighted by atomic mass is 9.55. The molecule has 1 unspecified atom stereocenters. The number of Topliss-reactive ketones (excluding diaryl/α,β-unsaturated/α-hetero) is 1. The van der Waals surface area contributed by atoms with Gasteiger partial charge in [0, 0.05) is 5.92 Å². The van der Waals surface area contributed by atoms with Gasteiger partial charge in [0.25, 0.3) is 0 Å². The SMILES string of the molecule is COC(=O)C1C(=O)[C@@H](C)C[C@H](CC=C(C)C)[C@@]1(C)CCC=C(C)C. The Kier molecular flexibility index (Phi) is 7.44. The maximum absolute atomic E-state index is 12.8. The minimum absolute atomic E-state index is 0.0509. The van der Waals surface area contributed by atoms with E-state index in [1.54, 1.807) is 0 Å². The second-order valence-corrected chi connectivity index (χ2v) is 8.04. The molecule has 3 nitrogen and oxygen atoms in total. The third-order valence-corrected chi connectivity index (χ3v) is 5.48. The number of carbonyl (C=O) groups excluding carboxylic acids is 2. The lowest BCUT2D eigenvalue weighted by Gasteiger charge is -2.47. The van der Waals surface area contributed by atoms with E-state index < -0.39 is 5.92 Å². The van der Waals surface area contributed by atoms with Crippen molar-refractivity contribution >= 4 is 11.8 Å². The van der Waals surface area contributed by atoms with Gasteiger partial charge >= 0.3 is 5.97 Å². The maximum atomic E-state index is 12.8. The van der Waals surface area contributed by atoms with Crippen molar-refractivity contribution in [1.29, 1.82) is 0 Å². The lowest BCUT2D eigenvalue weighted by Crippen LogP contribution is -2.51. The Labute approximate surface area is 147 Å². The van der Waals surface area contributed by atoms with Crippen LogP contribution < -0.4 is 0 Å². The van der Waals surface area contributed by atoms with Crippen molar-refractivity contribution in [3.63, 3.8) is 0 Å². The molecule has 0 bridgehead atoms. The number of esters is 1. The van der Waals surface area contributed by atoms with Crippen LogP contribution in [0.3, 0.4) is 0 Å². The van der Waals surface area contributed by atoms with Crippen molar-refractivity contribution in [2.45, 2.75) is 67.2 Å². The van der Waals surface area contributed by atoms with Gasteiger partial charge in [-0.3, -0.25) is 9.59 Å². The second-order valence-electron chi connectivity index (χ2n) is 8.04. The quantitative estimate of drug-likeness (QED) is 0.385. The van der Waals surface area contributed by atoms with E-state index >= 15 is 0 Å². The average molecular weight is 335 g/mol. The number of hydrogen-bond donors (Lipinski definition) is 0. The first-order chi connectivity index (χ1) is 11.1. The fraction of sp³-hybridized carbons (Fsp3) is 0.714. The summed E-state index contributed by atoms with van der Waals surface area (Å²) in [6.07, 6.45) is 7.91. The van der Waals surface area contributed by atoms with Crippen LogP contribution in [0, 0.1) is 23.2 Å². The van der Waals surface area contributed by atoms with Crippen LogP contribution in [0.1, 0.15) is 67.2 Å². The van der Waals surface area contributed by atoms with Gasteiger partial charge in [-0.25, -0.2) is 0 Å². The summed E-state index contributed by atoms with van der Waals surface area (Å²) in [4.78, 5) is 25.2. The number of ketones is 1. The molecule has 0 saturated heterocycles. The number of allylic oxidation sites excluding steroid dienone is 4. The molecule has 0 aliphatic heterocycles. The topological polar surface area (TPSA) is 43.4 Å². The predicted octanol–water partition coefficient (Wildman–Crippen LogP) is 5.11. The van der Waals surface area contributed by atoms with Crippen molar-refractivity contribution in [2.75, 3.05) is 7.11 Å². The molecular weight excluding hydrogens is 300 g/mol. The standard InChI is InChI=1S/C21H34O3/c1-14(2)9-8-12-21(6)17(11-10-15(3)4)13-16(5)19(22)18(21)20(23)24-7/h9-10,16-18H,8,11-13H2,1-7H3/t16-,17-,18?,21+/m0/s1. The average Bonchev–Trinajstić information content (AvgIpc) is 2.49. The van der Waals surface area contributed by atoms with Crippen LogP contribution in [-0.4, -0.2) is 18.9 Å². The van der Waals surface area contributed by atoms with E-state index in [1.807, 2.05) is 6.92 Å². The normalized spacial score (nSPS) is 29.8. The molecule has 0 spiro atoms. The minimum atomic E-state index is -0.646. The van der Waals surface area contributed by atoms with Crippen molar-refractivity contribution in [1.82, 2.24) is 0 Å². The van der Waals surface area contributed by atoms with E-state index in [4.69, 9.17) is 4.74 Å². The first-order valence-electron chi connectivity index (χ1n) is 9.01. The van der Waals surface area contributed by atoms with Crippen LogP contribution in [0.5, 0.6) is 0 Å². The summed E-state index contributed by atoms with van der Waals surface area (Å²) < 4.78 is 5.01. The Hall–Kier alpha value is -1.38. The van der Waals surface area contributed by atoms with E-state index in [0.29, 0.717) is 5.92 Å². The summed E-state index contributed by atoms with van der Waals surface area (Å²) >= 11 is 0. The molecule has 0 heterocycles. The first kappa shape index (κ1) is 20.7. The van der Waals surface area contributed by atoms with E-state index in [0.717, 1.165) is 25.7 Å². The lowest BCUT2D eigenvalue weighted by molar-refractivity contribution is -0.163.